The molecule has 0 spiro atoms. The number of aliphatic carboxylic acids is 1. The minimum absolute atomic E-state index is 0.0478. The lowest BCUT2D eigenvalue weighted by molar-refractivity contribution is -0.148. The van der Waals surface area contributed by atoms with Crippen LogP contribution in [-0.2, 0) is 9.59 Å². The summed E-state index contributed by atoms with van der Waals surface area (Å²) in [5.74, 6) is -0.249. The van der Waals surface area contributed by atoms with Gasteiger partial charge in [0, 0.05) is 23.6 Å². The van der Waals surface area contributed by atoms with Crippen molar-refractivity contribution in [1.82, 2.24) is 4.90 Å². The monoisotopic (exact) mass is 279 g/mol. The van der Waals surface area contributed by atoms with Crippen molar-refractivity contribution in [3.8, 4) is 0 Å². The highest BCUT2D eigenvalue weighted by Gasteiger charge is 2.33. The minimum Gasteiger partial charge on any atom is -0.480 e. The van der Waals surface area contributed by atoms with E-state index >= 15 is 0 Å². The maximum absolute atomic E-state index is 12.0. The first-order valence-corrected chi connectivity index (χ1v) is 7.37. The van der Waals surface area contributed by atoms with Gasteiger partial charge in [-0.2, -0.15) is 0 Å². The van der Waals surface area contributed by atoms with Gasteiger partial charge in [-0.15, -0.1) is 11.8 Å². The SMILES string of the molecule is O=C(O)C1CCCN1C(=O)CCSc1ccccc1. The Morgan fingerprint density at radius 3 is 2.74 bits per heavy atom. The quantitative estimate of drug-likeness (QED) is 0.840. The minimum atomic E-state index is -0.887. The fourth-order valence-electron chi connectivity index (χ4n) is 2.24. The number of likely N-dealkylation sites (tertiary alicyclic amines) is 1. The predicted octanol–water partition coefficient (Wildman–Crippen LogP) is 2.24. The van der Waals surface area contributed by atoms with Gasteiger partial charge in [-0.05, 0) is 25.0 Å². The Morgan fingerprint density at radius 2 is 2.05 bits per heavy atom. The van der Waals surface area contributed by atoms with E-state index in [-0.39, 0.29) is 5.91 Å². The molecule has 1 unspecified atom stereocenters. The summed E-state index contributed by atoms with van der Waals surface area (Å²) in [4.78, 5) is 25.7. The van der Waals surface area contributed by atoms with Gasteiger partial charge in [-0.3, -0.25) is 4.79 Å². The summed E-state index contributed by atoms with van der Waals surface area (Å²) in [5.41, 5.74) is 0. The molecule has 4 nitrogen and oxygen atoms in total. The average Bonchev–Trinajstić information content (AvgIpc) is 2.89. The van der Waals surface area contributed by atoms with Gasteiger partial charge >= 0.3 is 5.97 Å². The van der Waals surface area contributed by atoms with Crippen LogP contribution in [0.4, 0.5) is 0 Å². The molecule has 19 heavy (non-hydrogen) atoms. The lowest BCUT2D eigenvalue weighted by atomic mass is 10.2. The fourth-order valence-corrected chi connectivity index (χ4v) is 3.10. The normalized spacial score (nSPS) is 18.5. The van der Waals surface area contributed by atoms with Crippen LogP contribution in [0.15, 0.2) is 35.2 Å². The highest BCUT2D eigenvalue weighted by atomic mass is 32.2. The number of rotatable bonds is 5. The summed E-state index contributed by atoms with van der Waals surface area (Å²) in [5, 5.41) is 9.04. The molecule has 1 aliphatic heterocycles. The lowest BCUT2D eigenvalue weighted by Crippen LogP contribution is -2.40. The van der Waals surface area contributed by atoms with Gasteiger partial charge in [0.05, 0.1) is 0 Å². The van der Waals surface area contributed by atoms with Gasteiger partial charge in [0.1, 0.15) is 6.04 Å². The van der Waals surface area contributed by atoms with Crippen molar-refractivity contribution in [3.05, 3.63) is 30.3 Å². The van der Waals surface area contributed by atoms with Crippen LogP contribution in [0.5, 0.6) is 0 Å². The van der Waals surface area contributed by atoms with E-state index < -0.39 is 12.0 Å². The van der Waals surface area contributed by atoms with Crippen molar-refractivity contribution < 1.29 is 14.7 Å². The van der Waals surface area contributed by atoms with Gasteiger partial charge in [0.2, 0.25) is 5.91 Å². The molecule has 0 bridgehead atoms. The van der Waals surface area contributed by atoms with Crippen molar-refractivity contribution in [3.63, 3.8) is 0 Å². The molecule has 0 aromatic heterocycles. The van der Waals surface area contributed by atoms with Gasteiger partial charge in [0.15, 0.2) is 0 Å². The maximum Gasteiger partial charge on any atom is 0.326 e. The molecule has 0 aliphatic carbocycles. The van der Waals surface area contributed by atoms with Crippen LogP contribution in [0.3, 0.4) is 0 Å². The molecule has 0 saturated carbocycles. The zero-order valence-corrected chi connectivity index (χ0v) is 11.4. The van der Waals surface area contributed by atoms with Gasteiger partial charge in [-0.1, -0.05) is 18.2 Å². The summed E-state index contributed by atoms with van der Waals surface area (Å²) in [6, 6.07) is 9.28. The second-order valence-electron chi connectivity index (χ2n) is 4.49. The third-order valence-corrected chi connectivity index (χ3v) is 4.20. The average molecular weight is 279 g/mol. The van der Waals surface area contributed by atoms with Gasteiger partial charge in [0.25, 0.3) is 0 Å². The molecule has 1 fully saturated rings. The largest absolute Gasteiger partial charge is 0.480 e. The fraction of sp³-hybridized carbons (Fsp3) is 0.429. The van der Waals surface area contributed by atoms with Crippen LogP contribution in [-0.4, -0.2) is 40.2 Å². The Bertz CT molecular complexity index is 449. The predicted molar refractivity (Wildman–Crippen MR) is 74.2 cm³/mol. The summed E-state index contributed by atoms with van der Waals surface area (Å²) < 4.78 is 0. The number of carbonyl (C=O) groups is 2. The summed E-state index contributed by atoms with van der Waals surface area (Å²) >= 11 is 1.62. The van der Waals surface area contributed by atoms with Crippen molar-refractivity contribution in [2.24, 2.45) is 0 Å². The standard InChI is InChI=1S/C14H17NO3S/c16-13(15-9-4-7-12(15)14(17)18)8-10-19-11-5-2-1-3-6-11/h1-3,5-6,12H,4,7-10H2,(H,17,18). The van der Waals surface area contributed by atoms with E-state index in [0.29, 0.717) is 25.1 Å². The number of carboxylic acid groups (broad SMARTS) is 1. The number of amides is 1. The molecule has 102 valence electrons. The molecule has 1 saturated heterocycles. The second kappa shape index (κ2) is 6.61. The van der Waals surface area contributed by atoms with Crippen LogP contribution in [0, 0.1) is 0 Å². The molecule has 1 N–H and O–H groups in total. The molecule has 5 heteroatoms. The Hall–Kier alpha value is -1.49. The van der Waals surface area contributed by atoms with E-state index in [0.717, 1.165) is 11.3 Å². The van der Waals surface area contributed by atoms with E-state index in [1.807, 2.05) is 30.3 Å². The van der Waals surface area contributed by atoms with Gasteiger partial charge < -0.3 is 10.0 Å². The van der Waals surface area contributed by atoms with Crippen LogP contribution in [0.2, 0.25) is 0 Å². The number of nitrogens with zero attached hydrogens (tertiary/aromatic N) is 1. The van der Waals surface area contributed by atoms with E-state index in [4.69, 9.17) is 5.11 Å². The van der Waals surface area contributed by atoms with E-state index in [1.54, 1.807) is 11.8 Å². The molecular weight excluding hydrogens is 262 g/mol. The van der Waals surface area contributed by atoms with E-state index in [2.05, 4.69) is 0 Å². The first-order valence-electron chi connectivity index (χ1n) is 6.38. The summed E-state index contributed by atoms with van der Waals surface area (Å²) in [7, 11) is 0. The van der Waals surface area contributed by atoms with E-state index in [1.165, 1.54) is 4.90 Å². The van der Waals surface area contributed by atoms with Crippen molar-refractivity contribution in [2.75, 3.05) is 12.3 Å². The zero-order chi connectivity index (χ0) is 13.7. The lowest BCUT2D eigenvalue weighted by Gasteiger charge is -2.21. The maximum atomic E-state index is 12.0. The van der Waals surface area contributed by atoms with Crippen LogP contribution in [0.1, 0.15) is 19.3 Å². The number of hydrogen-bond donors (Lipinski definition) is 1. The molecule has 1 aliphatic rings. The number of carbonyl (C=O) groups excluding carboxylic acids is 1. The Kier molecular flexibility index (Phi) is 4.85. The molecule has 2 rings (SSSR count). The molecule has 1 aromatic carbocycles. The molecule has 0 radical (unpaired) electrons. The van der Waals surface area contributed by atoms with Gasteiger partial charge in [-0.25, -0.2) is 4.79 Å². The second-order valence-corrected chi connectivity index (χ2v) is 5.66. The smallest absolute Gasteiger partial charge is 0.326 e. The Balaban J connectivity index is 1.80. The molecule has 1 heterocycles. The topological polar surface area (TPSA) is 57.6 Å². The molecule has 1 aromatic rings. The first-order chi connectivity index (χ1) is 9.18. The van der Waals surface area contributed by atoms with Crippen molar-refractivity contribution in [2.45, 2.75) is 30.2 Å². The molecule has 1 atom stereocenters. The number of thioether (sulfide) groups is 1. The van der Waals surface area contributed by atoms with Crippen molar-refractivity contribution in [1.29, 1.82) is 0 Å². The van der Waals surface area contributed by atoms with Crippen LogP contribution in [0.25, 0.3) is 0 Å². The third kappa shape index (κ3) is 3.73. The molecule has 1 amide bonds. The summed E-state index contributed by atoms with van der Waals surface area (Å²) in [6.07, 6.45) is 1.75. The highest BCUT2D eigenvalue weighted by Crippen LogP contribution is 2.21. The Labute approximate surface area is 116 Å². The third-order valence-electron chi connectivity index (χ3n) is 3.19. The van der Waals surface area contributed by atoms with Crippen molar-refractivity contribution >= 4 is 23.6 Å². The summed E-state index contributed by atoms with van der Waals surface area (Å²) in [6.45, 7) is 0.575. The first kappa shape index (κ1) is 13.9. The number of carboxylic acids is 1. The highest BCUT2D eigenvalue weighted by molar-refractivity contribution is 7.99. The number of benzene rings is 1. The zero-order valence-electron chi connectivity index (χ0n) is 10.6. The van der Waals surface area contributed by atoms with Crippen LogP contribution < -0.4 is 0 Å². The molecular formula is C14H17NO3S. The Morgan fingerprint density at radius 1 is 1.32 bits per heavy atom. The van der Waals surface area contributed by atoms with E-state index in [9.17, 15) is 9.59 Å². The number of hydrogen-bond acceptors (Lipinski definition) is 3. The van der Waals surface area contributed by atoms with Crippen LogP contribution >= 0.6 is 11.8 Å².